The lowest BCUT2D eigenvalue weighted by molar-refractivity contribution is 0.0260. The zero-order chi connectivity index (χ0) is 10.4. The summed E-state index contributed by atoms with van der Waals surface area (Å²) in [7, 11) is 3.94. The van der Waals surface area contributed by atoms with Crippen LogP contribution < -0.4 is 5.32 Å². The molecule has 1 aliphatic heterocycles. The van der Waals surface area contributed by atoms with Crippen LogP contribution in [0.1, 0.15) is 12.8 Å². The van der Waals surface area contributed by atoms with Gasteiger partial charge in [0.05, 0.1) is 6.10 Å². The molecule has 4 heteroatoms. The highest BCUT2D eigenvalue weighted by atomic mass is 16.5. The number of hydrogen-bond donors (Lipinski definition) is 2. The van der Waals surface area contributed by atoms with E-state index >= 15 is 0 Å². The van der Waals surface area contributed by atoms with Gasteiger partial charge in [-0.1, -0.05) is 0 Å². The second-order valence-corrected chi connectivity index (χ2v) is 3.99. The highest BCUT2D eigenvalue weighted by Crippen LogP contribution is 2.12. The van der Waals surface area contributed by atoms with Gasteiger partial charge in [-0.25, -0.2) is 0 Å². The predicted molar refractivity (Wildman–Crippen MR) is 56.4 cm³/mol. The molecular weight excluding hydrogens is 180 g/mol. The monoisotopic (exact) mass is 202 g/mol. The number of nitrogens with one attached hydrogen (secondary N) is 1. The Labute approximate surface area is 86.2 Å². The summed E-state index contributed by atoms with van der Waals surface area (Å²) in [6, 6.07) is 0.579. The van der Waals surface area contributed by atoms with Crippen LogP contribution in [0.5, 0.6) is 0 Å². The Balaban J connectivity index is 2.21. The first-order valence-electron chi connectivity index (χ1n) is 5.34. The van der Waals surface area contributed by atoms with Crippen LogP contribution in [-0.2, 0) is 4.74 Å². The van der Waals surface area contributed by atoms with Gasteiger partial charge in [0.15, 0.2) is 0 Å². The first-order chi connectivity index (χ1) is 6.74. The summed E-state index contributed by atoms with van der Waals surface area (Å²) in [6.07, 6.45) is 1.90. The summed E-state index contributed by atoms with van der Waals surface area (Å²) in [5.74, 6) is 0. The van der Waals surface area contributed by atoms with Gasteiger partial charge in [-0.05, 0) is 26.9 Å². The molecule has 14 heavy (non-hydrogen) atoms. The van der Waals surface area contributed by atoms with Crippen molar-refractivity contribution < 1.29 is 9.84 Å². The van der Waals surface area contributed by atoms with Crippen LogP contribution in [0.3, 0.4) is 0 Å². The summed E-state index contributed by atoms with van der Waals surface area (Å²) < 4.78 is 5.30. The maximum absolute atomic E-state index is 9.61. The quantitative estimate of drug-likeness (QED) is 0.641. The van der Waals surface area contributed by atoms with Crippen molar-refractivity contribution in [3.05, 3.63) is 0 Å². The van der Waals surface area contributed by atoms with Gasteiger partial charge in [0.2, 0.25) is 0 Å². The van der Waals surface area contributed by atoms with Crippen molar-refractivity contribution in [1.82, 2.24) is 10.2 Å². The van der Waals surface area contributed by atoms with Crippen molar-refractivity contribution in [3.63, 3.8) is 0 Å². The Kier molecular flexibility index (Phi) is 5.40. The van der Waals surface area contributed by atoms with E-state index in [-0.39, 0.29) is 6.10 Å². The zero-order valence-electron chi connectivity index (χ0n) is 9.20. The van der Waals surface area contributed by atoms with Crippen molar-refractivity contribution in [2.75, 3.05) is 40.4 Å². The molecular formula is C10H22N2O2. The smallest absolute Gasteiger partial charge is 0.0791 e. The van der Waals surface area contributed by atoms with E-state index in [0.29, 0.717) is 12.6 Å². The molecule has 0 radical (unpaired) electrons. The molecule has 4 nitrogen and oxygen atoms in total. The number of aliphatic hydroxyl groups is 1. The molecule has 1 fully saturated rings. The first-order valence-corrected chi connectivity index (χ1v) is 5.34. The second-order valence-electron chi connectivity index (χ2n) is 3.99. The summed E-state index contributed by atoms with van der Waals surface area (Å²) in [4.78, 5) is 2.24. The molecule has 0 amide bonds. The first kappa shape index (κ1) is 11.9. The van der Waals surface area contributed by atoms with Gasteiger partial charge in [0.1, 0.15) is 0 Å². The van der Waals surface area contributed by atoms with Gasteiger partial charge >= 0.3 is 0 Å². The molecule has 1 saturated heterocycles. The van der Waals surface area contributed by atoms with E-state index in [1.54, 1.807) is 0 Å². The number of nitrogens with zero attached hydrogens (tertiary/aromatic N) is 1. The minimum absolute atomic E-state index is 0.271. The Morgan fingerprint density at radius 2 is 2.14 bits per heavy atom. The van der Waals surface area contributed by atoms with Crippen LogP contribution in [0.2, 0.25) is 0 Å². The molecule has 1 aliphatic rings. The fourth-order valence-corrected chi connectivity index (χ4v) is 1.91. The van der Waals surface area contributed by atoms with Gasteiger partial charge < -0.3 is 20.1 Å². The van der Waals surface area contributed by atoms with Crippen molar-refractivity contribution in [3.8, 4) is 0 Å². The Hall–Kier alpha value is -0.160. The predicted octanol–water partition coefficient (Wildman–Crippen LogP) is -0.323. The summed E-state index contributed by atoms with van der Waals surface area (Å²) in [5, 5.41) is 12.6. The average molecular weight is 202 g/mol. The zero-order valence-corrected chi connectivity index (χ0v) is 9.20. The molecule has 0 aromatic heterocycles. The lowest BCUT2D eigenvalue weighted by Gasteiger charge is -2.32. The number of aliphatic hydroxyl groups excluding tert-OH is 1. The molecule has 0 aromatic carbocycles. The Bertz CT molecular complexity index is 149. The van der Waals surface area contributed by atoms with Crippen LogP contribution in [0, 0.1) is 0 Å². The van der Waals surface area contributed by atoms with E-state index in [1.807, 2.05) is 7.05 Å². The average Bonchev–Trinajstić information content (AvgIpc) is 2.19. The molecule has 1 heterocycles. The number of ether oxygens (including phenoxy) is 1. The summed E-state index contributed by atoms with van der Waals surface area (Å²) >= 11 is 0. The molecule has 1 atom stereocenters. The van der Waals surface area contributed by atoms with Gasteiger partial charge in [-0.2, -0.15) is 0 Å². The molecule has 0 aromatic rings. The minimum Gasteiger partial charge on any atom is -0.390 e. The SMILES string of the molecule is CNCC(O)CN(C)C1CCOCC1. The van der Waals surface area contributed by atoms with Gasteiger partial charge in [-0.15, -0.1) is 0 Å². The summed E-state index contributed by atoms with van der Waals surface area (Å²) in [5.41, 5.74) is 0. The van der Waals surface area contributed by atoms with E-state index < -0.39 is 0 Å². The van der Waals surface area contributed by atoms with Crippen molar-refractivity contribution in [1.29, 1.82) is 0 Å². The van der Waals surface area contributed by atoms with Crippen molar-refractivity contribution in [2.24, 2.45) is 0 Å². The topological polar surface area (TPSA) is 44.7 Å². The second kappa shape index (κ2) is 6.35. The van der Waals surface area contributed by atoms with Gasteiger partial charge in [-0.3, -0.25) is 0 Å². The number of hydrogen-bond acceptors (Lipinski definition) is 4. The molecule has 2 N–H and O–H groups in total. The molecule has 0 bridgehead atoms. The van der Waals surface area contributed by atoms with Crippen molar-refractivity contribution >= 4 is 0 Å². The molecule has 0 saturated carbocycles. The van der Waals surface area contributed by atoms with Gasteiger partial charge in [0, 0.05) is 32.3 Å². The lowest BCUT2D eigenvalue weighted by Crippen LogP contribution is -2.43. The van der Waals surface area contributed by atoms with E-state index in [4.69, 9.17) is 4.74 Å². The van der Waals surface area contributed by atoms with Crippen LogP contribution in [0.25, 0.3) is 0 Å². The third-order valence-corrected chi connectivity index (χ3v) is 2.75. The van der Waals surface area contributed by atoms with Gasteiger partial charge in [0.25, 0.3) is 0 Å². The maximum atomic E-state index is 9.61. The Morgan fingerprint density at radius 1 is 1.50 bits per heavy atom. The molecule has 84 valence electrons. The normalized spacial score (nSPS) is 21.4. The maximum Gasteiger partial charge on any atom is 0.0791 e. The largest absolute Gasteiger partial charge is 0.390 e. The molecule has 0 aliphatic carbocycles. The standard InChI is InChI=1S/C10H22N2O2/c1-11-7-10(13)8-12(2)9-3-5-14-6-4-9/h9-11,13H,3-8H2,1-2H3. The van der Waals surface area contributed by atoms with Crippen molar-refractivity contribution in [2.45, 2.75) is 25.0 Å². The van der Waals surface area contributed by atoms with E-state index in [1.165, 1.54) is 0 Å². The number of rotatable bonds is 5. The van der Waals surface area contributed by atoms with Crippen LogP contribution in [0.4, 0.5) is 0 Å². The summed E-state index contributed by atoms with van der Waals surface area (Å²) in [6.45, 7) is 3.12. The fourth-order valence-electron chi connectivity index (χ4n) is 1.91. The minimum atomic E-state index is -0.271. The highest BCUT2D eigenvalue weighted by Gasteiger charge is 2.19. The van der Waals surface area contributed by atoms with Crippen LogP contribution in [-0.4, -0.2) is 62.6 Å². The van der Waals surface area contributed by atoms with E-state index in [9.17, 15) is 5.11 Å². The molecule has 1 rings (SSSR count). The van der Waals surface area contributed by atoms with Crippen LogP contribution >= 0.6 is 0 Å². The van der Waals surface area contributed by atoms with Crippen LogP contribution in [0.15, 0.2) is 0 Å². The molecule has 0 spiro atoms. The Morgan fingerprint density at radius 3 is 2.71 bits per heavy atom. The third-order valence-electron chi connectivity index (χ3n) is 2.75. The van der Waals surface area contributed by atoms with E-state index in [0.717, 1.165) is 32.6 Å². The lowest BCUT2D eigenvalue weighted by atomic mass is 10.1. The van der Waals surface area contributed by atoms with E-state index in [2.05, 4.69) is 17.3 Å². The third kappa shape index (κ3) is 3.92. The number of likely N-dealkylation sites (N-methyl/N-ethyl adjacent to an activating group) is 2. The molecule has 1 unspecified atom stereocenters. The highest BCUT2D eigenvalue weighted by molar-refractivity contribution is 4.74. The fraction of sp³-hybridized carbons (Fsp3) is 1.00.